The fourth-order valence-electron chi connectivity index (χ4n) is 3.28. The van der Waals surface area contributed by atoms with E-state index in [-0.39, 0.29) is 32.2 Å². The van der Waals surface area contributed by atoms with Gasteiger partial charge in [0.25, 0.3) is 0 Å². The number of halogens is 1. The van der Waals surface area contributed by atoms with Crippen LogP contribution in [0.2, 0.25) is 0 Å². The molecule has 1 atom stereocenters. The summed E-state index contributed by atoms with van der Waals surface area (Å²) in [6.45, 7) is 5.60. The summed E-state index contributed by atoms with van der Waals surface area (Å²) in [6, 6.07) is 9.55. The summed E-state index contributed by atoms with van der Waals surface area (Å²) in [4.78, 5) is 26.6. The minimum absolute atomic E-state index is 0.0172. The lowest BCUT2D eigenvalue weighted by Crippen LogP contribution is -2.44. The van der Waals surface area contributed by atoms with Crippen LogP contribution in [0.4, 0.5) is 9.18 Å². The number of benzene rings is 1. The summed E-state index contributed by atoms with van der Waals surface area (Å²) in [5.74, 6) is -0.823. The number of hydrogen-bond acceptors (Lipinski definition) is 6. The highest BCUT2D eigenvalue weighted by molar-refractivity contribution is 7.93. The van der Waals surface area contributed by atoms with Gasteiger partial charge >= 0.3 is 6.09 Å². The molecular formula is C23H23FN2O5S2. The second-order valence-corrected chi connectivity index (χ2v) is 11.8. The smallest absolute Gasteiger partial charge is 0.404 e. The van der Waals surface area contributed by atoms with Crippen molar-refractivity contribution in [1.82, 2.24) is 10.3 Å². The van der Waals surface area contributed by atoms with Gasteiger partial charge in [-0.1, -0.05) is 32.9 Å². The maximum Gasteiger partial charge on any atom is 0.404 e. The molecule has 2 N–H and O–H groups in total. The van der Waals surface area contributed by atoms with Gasteiger partial charge in [0.15, 0.2) is 0 Å². The van der Waals surface area contributed by atoms with E-state index in [1.807, 2.05) is 20.8 Å². The van der Waals surface area contributed by atoms with E-state index in [0.717, 1.165) is 11.3 Å². The maximum atomic E-state index is 14.6. The van der Waals surface area contributed by atoms with Gasteiger partial charge in [0.05, 0.1) is 4.90 Å². The molecule has 1 amide bonds. The van der Waals surface area contributed by atoms with Crippen LogP contribution in [0, 0.1) is 11.4 Å². The molecule has 0 radical (unpaired) electrons. The molecule has 0 bridgehead atoms. The van der Waals surface area contributed by atoms with Gasteiger partial charge in [0.2, 0.25) is 15.8 Å². The molecule has 174 valence electrons. The molecule has 33 heavy (non-hydrogen) atoms. The highest BCUT2D eigenvalue weighted by Gasteiger charge is 2.31. The van der Waals surface area contributed by atoms with E-state index in [4.69, 9.17) is 0 Å². The van der Waals surface area contributed by atoms with E-state index < -0.39 is 33.3 Å². The Morgan fingerprint density at radius 3 is 2.55 bits per heavy atom. The molecule has 2 aromatic heterocycles. The molecule has 0 aliphatic heterocycles. The van der Waals surface area contributed by atoms with E-state index in [0.29, 0.717) is 11.2 Å². The molecule has 0 fully saturated rings. The minimum atomic E-state index is -4.11. The molecule has 0 aliphatic carbocycles. The third kappa shape index (κ3) is 5.45. The van der Waals surface area contributed by atoms with Crippen LogP contribution in [0.25, 0.3) is 11.1 Å². The molecule has 1 unspecified atom stereocenters. The van der Waals surface area contributed by atoms with Crippen molar-refractivity contribution < 1.29 is 27.5 Å². The summed E-state index contributed by atoms with van der Waals surface area (Å²) in [5.41, 5.74) is -0.108. The zero-order valence-corrected chi connectivity index (χ0v) is 19.8. The number of carboxylic acid groups (broad SMARTS) is 1. The van der Waals surface area contributed by atoms with E-state index in [1.54, 1.807) is 6.07 Å². The summed E-state index contributed by atoms with van der Waals surface area (Å²) in [6.07, 6.45) is 0.828. The predicted molar refractivity (Wildman–Crippen MR) is 123 cm³/mol. The number of pyridine rings is 1. The highest BCUT2D eigenvalue weighted by Crippen LogP contribution is 2.40. The standard InChI is InChI=1S/C23H23FN2O5S2/c1-23(2,3)19(26-22(28)29)12-15-11-18(17-8-5-9-25-20(17)24)21(32-15)33(30,31)16-7-4-6-14(10-16)13-27/h4-11,13,19,26H,12H2,1-3H3,(H,28,29). The Bertz CT molecular complexity index is 1300. The number of aldehydes is 1. The number of rotatable bonds is 7. The van der Waals surface area contributed by atoms with Crippen molar-refractivity contribution in [3.63, 3.8) is 0 Å². The molecule has 7 nitrogen and oxygen atoms in total. The Kier molecular flexibility index (Phi) is 6.99. The van der Waals surface area contributed by atoms with Crippen molar-refractivity contribution in [3.8, 4) is 11.1 Å². The first-order chi connectivity index (χ1) is 15.4. The molecule has 0 saturated carbocycles. The number of carbonyl (C=O) groups is 2. The van der Waals surface area contributed by atoms with Crippen molar-refractivity contribution in [1.29, 1.82) is 0 Å². The lowest BCUT2D eigenvalue weighted by molar-refractivity contribution is 0.112. The Morgan fingerprint density at radius 1 is 1.21 bits per heavy atom. The number of aromatic nitrogens is 1. The Labute approximate surface area is 195 Å². The monoisotopic (exact) mass is 490 g/mol. The van der Waals surface area contributed by atoms with Crippen molar-refractivity contribution in [2.24, 2.45) is 5.41 Å². The van der Waals surface area contributed by atoms with E-state index in [2.05, 4.69) is 10.3 Å². The fourth-order valence-corrected chi connectivity index (χ4v) is 6.50. The van der Waals surface area contributed by atoms with Crippen LogP contribution in [0.15, 0.2) is 57.8 Å². The third-order valence-electron chi connectivity index (χ3n) is 5.10. The summed E-state index contributed by atoms with van der Waals surface area (Å²) in [5, 5.41) is 11.7. The van der Waals surface area contributed by atoms with Crippen LogP contribution in [0.1, 0.15) is 36.0 Å². The van der Waals surface area contributed by atoms with Crippen molar-refractivity contribution >= 4 is 33.6 Å². The van der Waals surface area contributed by atoms with Gasteiger partial charge in [0.1, 0.15) is 10.5 Å². The predicted octanol–water partition coefficient (Wildman–Crippen LogP) is 4.82. The topological polar surface area (TPSA) is 113 Å². The number of sulfone groups is 1. The number of amides is 1. The zero-order valence-electron chi connectivity index (χ0n) is 18.2. The second kappa shape index (κ2) is 9.40. The maximum absolute atomic E-state index is 14.6. The van der Waals surface area contributed by atoms with Crippen molar-refractivity contribution in [2.75, 3.05) is 0 Å². The fraction of sp³-hybridized carbons (Fsp3) is 0.261. The summed E-state index contributed by atoms with van der Waals surface area (Å²) in [7, 11) is -4.11. The molecule has 3 aromatic rings. The van der Waals surface area contributed by atoms with Gasteiger partial charge in [-0.15, -0.1) is 11.3 Å². The normalized spacial score (nSPS) is 12.8. The van der Waals surface area contributed by atoms with Gasteiger partial charge in [-0.25, -0.2) is 18.2 Å². The van der Waals surface area contributed by atoms with E-state index in [1.165, 1.54) is 42.6 Å². The number of thiophene rings is 1. The number of hydrogen-bond donors (Lipinski definition) is 2. The third-order valence-corrected chi connectivity index (χ3v) is 8.54. The zero-order chi connectivity index (χ0) is 24.4. The molecular weight excluding hydrogens is 467 g/mol. The van der Waals surface area contributed by atoms with Crippen LogP contribution in [0.3, 0.4) is 0 Å². The van der Waals surface area contributed by atoms with Crippen LogP contribution >= 0.6 is 11.3 Å². The van der Waals surface area contributed by atoms with Gasteiger partial charge < -0.3 is 10.4 Å². The van der Waals surface area contributed by atoms with Gasteiger partial charge in [-0.2, -0.15) is 4.39 Å². The largest absolute Gasteiger partial charge is 0.465 e. The van der Waals surface area contributed by atoms with E-state index in [9.17, 15) is 27.5 Å². The molecule has 2 heterocycles. The average Bonchev–Trinajstić information content (AvgIpc) is 3.17. The van der Waals surface area contributed by atoms with Crippen molar-refractivity contribution in [2.45, 2.75) is 42.3 Å². The molecule has 0 saturated heterocycles. The SMILES string of the molecule is CC(C)(C)C(Cc1cc(-c2cccnc2F)c(S(=O)(=O)c2cccc(C=O)c2)s1)NC(=O)O. The Hall–Kier alpha value is -3.11. The van der Waals surface area contributed by atoms with E-state index >= 15 is 0 Å². The number of nitrogens with zero attached hydrogens (tertiary/aromatic N) is 1. The lowest BCUT2D eigenvalue weighted by Gasteiger charge is -2.30. The van der Waals surface area contributed by atoms with Crippen LogP contribution in [0.5, 0.6) is 0 Å². The second-order valence-electron chi connectivity index (χ2n) is 8.52. The average molecular weight is 491 g/mol. The molecule has 10 heteroatoms. The molecule has 3 rings (SSSR count). The van der Waals surface area contributed by atoms with Crippen LogP contribution in [-0.4, -0.2) is 36.9 Å². The van der Waals surface area contributed by atoms with Gasteiger partial charge in [-0.05, 0) is 35.7 Å². The molecule has 0 spiro atoms. The van der Waals surface area contributed by atoms with Crippen molar-refractivity contribution in [3.05, 3.63) is 65.0 Å². The molecule has 1 aromatic carbocycles. The van der Waals surface area contributed by atoms with Gasteiger partial charge in [0, 0.05) is 40.2 Å². The Balaban J connectivity index is 2.18. The highest BCUT2D eigenvalue weighted by atomic mass is 32.2. The Morgan fingerprint density at radius 2 is 1.94 bits per heavy atom. The first kappa shape index (κ1) is 24.5. The lowest BCUT2D eigenvalue weighted by atomic mass is 9.84. The quantitative estimate of drug-likeness (QED) is 0.363. The first-order valence-corrected chi connectivity index (χ1v) is 12.3. The number of nitrogens with one attached hydrogen (secondary N) is 1. The summed E-state index contributed by atoms with van der Waals surface area (Å²) >= 11 is 0.946. The number of carbonyl (C=O) groups excluding carboxylic acids is 1. The van der Waals surface area contributed by atoms with Crippen LogP contribution < -0.4 is 5.32 Å². The summed E-state index contributed by atoms with van der Waals surface area (Å²) < 4.78 is 41.5. The van der Waals surface area contributed by atoms with Gasteiger partial charge in [-0.3, -0.25) is 4.79 Å². The minimum Gasteiger partial charge on any atom is -0.465 e. The first-order valence-electron chi connectivity index (χ1n) is 9.97. The molecule has 0 aliphatic rings. The van der Waals surface area contributed by atoms with Crippen LogP contribution in [-0.2, 0) is 16.3 Å².